The quantitative estimate of drug-likeness (QED) is 0.869. The Labute approximate surface area is 140 Å². The van der Waals surface area contributed by atoms with Crippen LogP contribution in [0.25, 0.3) is 5.65 Å². The molecular formula is C18H22N4O2. The fourth-order valence-corrected chi connectivity index (χ4v) is 3.30. The van der Waals surface area contributed by atoms with Gasteiger partial charge < -0.3 is 14.6 Å². The molecule has 6 nitrogen and oxygen atoms in total. The van der Waals surface area contributed by atoms with Crippen molar-refractivity contribution in [1.82, 2.24) is 19.6 Å². The minimum Gasteiger partial charge on any atom is -0.355 e. The van der Waals surface area contributed by atoms with E-state index >= 15 is 0 Å². The lowest BCUT2D eigenvalue weighted by atomic mass is 10.1. The third kappa shape index (κ3) is 3.27. The van der Waals surface area contributed by atoms with Crippen LogP contribution in [-0.4, -0.2) is 45.7 Å². The summed E-state index contributed by atoms with van der Waals surface area (Å²) in [6, 6.07) is 5.88. The Balaban J connectivity index is 1.26. The van der Waals surface area contributed by atoms with Gasteiger partial charge >= 0.3 is 0 Å². The van der Waals surface area contributed by atoms with E-state index in [2.05, 4.69) is 10.3 Å². The van der Waals surface area contributed by atoms with Crippen LogP contribution in [0, 0.1) is 11.8 Å². The van der Waals surface area contributed by atoms with E-state index in [9.17, 15) is 9.59 Å². The lowest BCUT2D eigenvalue weighted by Gasteiger charge is -2.15. The monoisotopic (exact) mass is 326 g/mol. The number of likely N-dealkylation sites (tertiary alicyclic amines) is 1. The van der Waals surface area contributed by atoms with Gasteiger partial charge in [0.05, 0.1) is 11.6 Å². The van der Waals surface area contributed by atoms with Crippen molar-refractivity contribution in [3.63, 3.8) is 0 Å². The van der Waals surface area contributed by atoms with Crippen molar-refractivity contribution in [3.8, 4) is 0 Å². The number of carbonyl (C=O) groups is 2. The van der Waals surface area contributed by atoms with Crippen LogP contribution in [-0.2, 0) is 16.0 Å². The molecule has 0 unspecified atom stereocenters. The molecule has 0 bridgehead atoms. The third-order valence-corrected chi connectivity index (χ3v) is 4.86. The number of imidazole rings is 1. The predicted molar refractivity (Wildman–Crippen MR) is 89.3 cm³/mol. The Hall–Kier alpha value is -2.37. The lowest BCUT2D eigenvalue weighted by Crippen LogP contribution is -2.34. The van der Waals surface area contributed by atoms with Crippen molar-refractivity contribution in [2.75, 3.05) is 19.6 Å². The topological polar surface area (TPSA) is 66.7 Å². The Morgan fingerprint density at radius 3 is 3.00 bits per heavy atom. The standard InChI is InChI=1S/C18H22N4O2/c23-17-9-14(11-22(17)10-13-4-5-13)18(24)19-7-6-15-12-21-8-2-1-3-16(21)20-15/h1-3,8,12-14H,4-7,9-11H2,(H,19,24)/t14-/m1/s1. The Morgan fingerprint density at radius 1 is 1.33 bits per heavy atom. The van der Waals surface area contributed by atoms with Gasteiger partial charge in [-0.3, -0.25) is 9.59 Å². The van der Waals surface area contributed by atoms with E-state index in [1.54, 1.807) is 0 Å². The molecule has 3 heterocycles. The summed E-state index contributed by atoms with van der Waals surface area (Å²) in [5.74, 6) is 0.593. The minimum absolute atomic E-state index is 0.00888. The molecule has 4 rings (SSSR count). The maximum atomic E-state index is 12.3. The summed E-state index contributed by atoms with van der Waals surface area (Å²) in [6.45, 7) is 1.97. The second-order valence-corrected chi connectivity index (χ2v) is 6.88. The van der Waals surface area contributed by atoms with Gasteiger partial charge in [-0.15, -0.1) is 0 Å². The average molecular weight is 326 g/mol. The zero-order chi connectivity index (χ0) is 16.5. The maximum Gasteiger partial charge on any atom is 0.225 e. The van der Waals surface area contributed by atoms with E-state index in [1.807, 2.05) is 39.9 Å². The van der Waals surface area contributed by atoms with Crippen molar-refractivity contribution in [3.05, 3.63) is 36.3 Å². The first kappa shape index (κ1) is 15.2. The first-order valence-electron chi connectivity index (χ1n) is 8.67. The van der Waals surface area contributed by atoms with E-state index in [4.69, 9.17) is 0 Å². The number of aromatic nitrogens is 2. The van der Waals surface area contributed by atoms with Gasteiger partial charge in [0.2, 0.25) is 11.8 Å². The number of rotatable bonds is 6. The van der Waals surface area contributed by atoms with E-state index < -0.39 is 0 Å². The Kier molecular flexibility index (Phi) is 3.96. The molecule has 2 fully saturated rings. The van der Waals surface area contributed by atoms with E-state index in [-0.39, 0.29) is 17.7 Å². The summed E-state index contributed by atoms with van der Waals surface area (Å²) >= 11 is 0. The van der Waals surface area contributed by atoms with E-state index in [1.165, 1.54) is 12.8 Å². The highest BCUT2D eigenvalue weighted by molar-refractivity contribution is 5.89. The fraction of sp³-hybridized carbons (Fsp3) is 0.500. The van der Waals surface area contributed by atoms with Crippen LogP contribution in [0.4, 0.5) is 0 Å². The van der Waals surface area contributed by atoms with Crippen LogP contribution < -0.4 is 5.32 Å². The minimum atomic E-state index is -0.197. The van der Waals surface area contributed by atoms with Crippen LogP contribution >= 0.6 is 0 Å². The highest BCUT2D eigenvalue weighted by Crippen LogP contribution is 2.31. The molecule has 1 saturated carbocycles. The van der Waals surface area contributed by atoms with E-state index in [0.717, 1.165) is 17.9 Å². The molecular weight excluding hydrogens is 304 g/mol. The maximum absolute atomic E-state index is 12.3. The van der Waals surface area contributed by atoms with Crippen molar-refractivity contribution < 1.29 is 9.59 Å². The summed E-state index contributed by atoms with van der Waals surface area (Å²) in [7, 11) is 0. The predicted octanol–water partition coefficient (Wildman–Crippen LogP) is 1.25. The zero-order valence-electron chi connectivity index (χ0n) is 13.6. The lowest BCUT2D eigenvalue weighted by molar-refractivity contribution is -0.129. The van der Waals surface area contributed by atoms with Crippen molar-refractivity contribution in [2.45, 2.75) is 25.7 Å². The van der Waals surface area contributed by atoms with Gasteiger partial charge in [-0.1, -0.05) is 6.07 Å². The second-order valence-electron chi connectivity index (χ2n) is 6.88. The summed E-state index contributed by atoms with van der Waals surface area (Å²) < 4.78 is 1.97. The number of nitrogens with one attached hydrogen (secondary N) is 1. The largest absolute Gasteiger partial charge is 0.355 e. The normalized spacial score (nSPS) is 20.8. The molecule has 1 N–H and O–H groups in total. The molecule has 2 aromatic rings. The summed E-state index contributed by atoms with van der Waals surface area (Å²) in [5.41, 5.74) is 1.87. The second kappa shape index (κ2) is 6.26. The Morgan fingerprint density at radius 2 is 2.21 bits per heavy atom. The van der Waals surface area contributed by atoms with Crippen molar-refractivity contribution in [1.29, 1.82) is 0 Å². The number of amides is 2. The SMILES string of the molecule is O=C(NCCc1cn2ccccc2n1)[C@@H]1CC(=O)N(CC2CC2)C1. The van der Waals surface area contributed by atoms with Crippen LogP contribution in [0.3, 0.4) is 0 Å². The van der Waals surface area contributed by atoms with Gasteiger partial charge in [0.1, 0.15) is 5.65 Å². The molecule has 2 aromatic heterocycles. The van der Waals surface area contributed by atoms with Gasteiger partial charge in [0.15, 0.2) is 0 Å². The van der Waals surface area contributed by atoms with Crippen LogP contribution in [0.15, 0.2) is 30.6 Å². The van der Waals surface area contributed by atoms with Crippen LogP contribution in [0.2, 0.25) is 0 Å². The molecule has 6 heteroatoms. The highest BCUT2D eigenvalue weighted by atomic mass is 16.2. The fourth-order valence-electron chi connectivity index (χ4n) is 3.30. The molecule has 24 heavy (non-hydrogen) atoms. The zero-order valence-corrected chi connectivity index (χ0v) is 13.6. The van der Waals surface area contributed by atoms with Crippen LogP contribution in [0.5, 0.6) is 0 Å². The molecule has 2 amide bonds. The van der Waals surface area contributed by atoms with E-state index in [0.29, 0.717) is 31.8 Å². The van der Waals surface area contributed by atoms with Gasteiger partial charge in [0.25, 0.3) is 0 Å². The summed E-state index contributed by atoms with van der Waals surface area (Å²) in [4.78, 5) is 30.7. The molecule has 1 aliphatic carbocycles. The number of nitrogens with zero attached hydrogens (tertiary/aromatic N) is 3. The van der Waals surface area contributed by atoms with Gasteiger partial charge in [0, 0.05) is 44.9 Å². The van der Waals surface area contributed by atoms with Gasteiger partial charge in [-0.25, -0.2) is 4.98 Å². The number of pyridine rings is 1. The smallest absolute Gasteiger partial charge is 0.225 e. The number of carbonyl (C=O) groups excluding carboxylic acids is 2. The Bertz CT molecular complexity index is 732. The molecule has 0 aromatic carbocycles. The molecule has 0 radical (unpaired) electrons. The first-order chi connectivity index (χ1) is 11.7. The molecule has 1 saturated heterocycles. The van der Waals surface area contributed by atoms with Gasteiger partial charge in [-0.05, 0) is 30.9 Å². The number of hydrogen-bond acceptors (Lipinski definition) is 3. The van der Waals surface area contributed by atoms with Crippen molar-refractivity contribution in [2.24, 2.45) is 11.8 Å². The van der Waals surface area contributed by atoms with Crippen LogP contribution in [0.1, 0.15) is 25.0 Å². The van der Waals surface area contributed by atoms with Gasteiger partial charge in [-0.2, -0.15) is 0 Å². The summed E-state index contributed by atoms with van der Waals surface area (Å²) in [5, 5.41) is 2.96. The van der Waals surface area contributed by atoms with Crippen molar-refractivity contribution >= 4 is 17.5 Å². The molecule has 1 aliphatic heterocycles. The molecule has 2 aliphatic rings. The summed E-state index contributed by atoms with van der Waals surface area (Å²) in [6.07, 6.45) is 7.44. The average Bonchev–Trinajstić information content (AvgIpc) is 3.17. The molecule has 1 atom stereocenters. The number of fused-ring (bicyclic) bond motifs is 1. The first-order valence-corrected chi connectivity index (χ1v) is 8.67. The third-order valence-electron chi connectivity index (χ3n) is 4.86. The molecule has 0 spiro atoms. The molecule has 126 valence electrons. The highest BCUT2D eigenvalue weighted by Gasteiger charge is 2.36. The number of hydrogen-bond donors (Lipinski definition) is 1.